The third kappa shape index (κ3) is 3.68. The normalized spacial score (nSPS) is 19.6. The molecule has 1 fully saturated rings. The van der Waals surface area contributed by atoms with E-state index in [1.165, 1.54) is 5.56 Å². The molecular formula is C12H19N3O2S. The molecule has 0 unspecified atom stereocenters. The molecule has 0 spiro atoms. The number of sulfone groups is 1. The van der Waals surface area contributed by atoms with Gasteiger partial charge in [-0.05, 0) is 24.6 Å². The van der Waals surface area contributed by atoms with Crippen LogP contribution in [0.3, 0.4) is 0 Å². The molecule has 1 aromatic heterocycles. The Hall–Kier alpha value is -1.14. The van der Waals surface area contributed by atoms with Crippen molar-refractivity contribution in [2.45, 2.75) is 13.5 Å². The fraction of sp³-hybridized carbons (Fsp3) is 0.583. The van der Waals surface area contributed by atoms with E-state index in [1.54, 1.807) is 6.20 Å². The van der Waals surface area contributed by atoms with Gasteiger partial charge < -0.3 is 5.32 Å². The Morgan fingerprint density at radius 2 is 2.11 bits per heavy atom. The summed E-state index contributed by atoms with van der Waals surface area (Å²) in [5.74, 6) is 1.43. The fourth-order valence-electron chi connectivity index (χ4n) is 2.02. The Labute approximate surface area is 108 Å². The van der Waals surface area contributed by atoms with E-state index in [0.717, 1.165) is 18.9 Å². The summed E-state index contributed by atoms with van der Waals surface area (Å²) in [7, 11) is -2.79. The van der Waals surface area contributed by atoms with E-state index in [9.17, 15) is 8.42 Å². The van der Waals surface area contributed by atoms with Gasteiger partial charge in [0.15, 0.2) is 9.84 Å². The molecule has 0 bridgehead atoms. The highest BCUT2D eigenvalue weighted by atomic mass is 32.2. The lowest BCUT2D eigenvalue weighted by Gasteiger charge is -2.26. The standard InChI is InChI=1S/C12H19N3O2S/c1-2-13-12-9-11(3-4-14-12)10-15-5-7-18(16,17)8-6-15/h3-4,9H,2,5-8,10H2,1H3,(H,13,14). The molecule has 5 nitrogen and oxygen atoms in total. The maximum atomic E-state index is 11.3. The lowest BCUT2D eigenvalue weighted by atomic mass is 10.2. The molecule has 1 aromatic rings. The van der Waals surface area contributed by atoms with Gasteiger partial charge in [0.25, 0.3) is 0 Å². The minimum absolute atomic E-state index is 0.276. The highest BCUT2D eigenvalue weighted by Gasteiger charge is 2.21. The SMILES string of the molecule is CCNc1cc(CN2CCS(=O)(=O)CC2)ccn1. The number of nitrogens with zero attached hydrogens (tertiary/aromatic N) is 2. The van der Waals surface area contributed by atoms with Crippen LogP contribution in [-0.4, -0.2) is 49.4 Å². The van der Waals surface area contributed by atoms with E-state index in [1.807, 2.05) is 19.1 Å². The van der Waals surface area contributed by atoms with Crippen LogP contribution in [0.2, 0.25) is 0 Å². The third-order valence-corrected chi connectivity index (χ3v) is 4.63. The van der Waals surface area contributed by atoms with E-state index in [0.29, 0.717) is 13.1 Å². The number of anilines is 1. The quantitative estimate of drug-likeness (QED) is 0.873. The maximum Gasteiger partial charge on any atom is 0.152 e. The van der Waals surface area contributed by atoms with Crippen LogP contribution < -0.4 is 5.32 Å². The van der Waals surface area contributed by atoms with Crippen molar-refractivity contribution in [3.05, 3.63) is 23.9 Å². The molecule has 0 aliphatic carbocycles. The summed E-state index contributed by atoms with van der Waals surface area (Å²) in [6.45, 7) is 4.92. The smallest absolute Gasteiger partial charge is 0.152 e. The minimum atomic E-state index is -2.79. The van der Waals surface area contributed by atoms with Crippen molar-refractivity contribution in [3.63, 3.8) is 0 Å². The van der Waals surface area contributed by atoms with Crippen molar-refractivity contribution in [2.75, 3.05) is 36.5 Å². The molecule has 1 aliphatic rings. The average Bonchev–Trinajstić information content (AvgIpc) is 2.33. The van der Waals surface area contributed by atoms with Crippen LogP contribution in [0.4, 0.5) is 5.82 Å². The number of hydrogen-bond donors (Lipinski definition) is 1. The van der Waals surface area contributed by atoms with Gasteiger partial charge in [-0.3, -0.25) is 4.90 Å². The summed E-state index contributed by atoms with van der Waals surface area (Å²) >= 11 is 0. The molecule has 0 atom stereocenters. The van der Waals surface area contributed by atoms with Gasteiger partial charge in [-0.15, -0.1) is 0 Å². The zero-order chi connectivity index (χ0) is 13.0. The predicted molar refractivity (Wildman–Crippen MR) is 72.3 cm³/mol. The maximum absolute atomic E-state index is 11.3. The largest absolute Gasteiger partial charge is 0.370 e. The molecule has 1 aliphatic heterocycles. The minimum Gasteiger partial charge on any atom is -0.370 e. The Balaban J connectivity index is 1.95. The Morgan fingerprint density at radius 1 is 1.39 bits per heavy atom. The Bertz CT molecular complexity index is 488. The Morgan fingerprint density at radius 3 is 2.78 bits per heavy atom. The van der Waals surface area contributed by atoms with Crippen LogP contribution in [-0.2, 0) is 16.4 Å². The number of aromatic nitrogens is 1. The van der Waals surface area contributed by atoms with Crippen molar-refractivity contribution in [3.8, 4) is 0 Å². The zero-order valence-corrected chi connectivity index (χ0v) is 11.4. The van der Waals surface area contributed by atoms with E-state index in [4.69, 9.17) is 0 Å². The van der Waals surface area contributed by atoms with E-state index >= 15 is 0 Å². The Kier molecular flexibility index (Phi) is 4.19. The molecule has 0 amide bonds. The molecule has 100 valence electrons. The first-order valence-electron chi connectivity index (χ1n) is 6.20. The monoisotopic (exact) mass is 269 g/mol. The molecular weight excluding hydrogens is 250 g/mol. The van der Waals surface area contributed by atoms with Gasteiger partial charge in [0.1, 0.15) is 5.82 Å². The lowest BCUT2D eigenvalue weighted by Crippen LogP contribution is -2.39. The highest BCUT2D eigenvalue weighted by Crippen LogP contribution is 2.12. The van der Waals surface area contributed by atoms with Crippen LogP contribution in [0.25, 0.3) is 0 Å². The summed E-state index contributed by atoms with van der Waals surface area (Å²) in [6, 6.07) is 4.00. The van der Waals surface area contributed by atoms with Gasteiger partial charge in [0, 0.05) is 32.4 Å². The number of hydrogen-bond acceptors (Lipinski definition) is 5. The van der Waals surface area contributed by atoms with Gasteiger partial charge in [-0.2, -0.15) is 0 Å². The van der Waals surface area contributed by atoms with Crippen LogP contribution >= 0.6 is 0 Å². The molecule has 1 N–H and O–H groups in total. The van der Waals surface area contributed by atoms with Crippen LogP contribution in [0, 0.1) is 0 Å². The highest BCUT2D eigenvalue weighted by molar-refractivity contribution is 7.91. The van der Waals surface area contributed by atoms with E-state index < -0.39 is 9.84 Å². The van der Waals surface area contributed by atoms with E-state index in [2.05, 4.69) is 15.2 Å². The van der Waals surface area contributed by atoms with Crippen molar-refractivity contribution >= 4 is 15.7 Å². The molecule has 1 saturated heterocycles. The molecule has 2 heterocycles. The summed E-state index contributed by atoms with van der Waals surface area (Å²) in [6.07, 6.45) is 1.79. The summed E-state index contributed by atoms with van der Waals surface area (Å²) in [4.78, 5) is 6.39. The van der Waals surface area contributed by atoms with Crippen molar-refractivity contribution in [1.29, 1.82) is 0 Å². The second-order valence-electron chi connectivity index (χ2n) is 4.51. The molecule has 2 rings (SSSR count). The van der Waals surface area contributed by atoms with E-state index in [-0.39, 0.29) is 11.5 Å². The van der Waals surface area contributed by atoms with Crippen LogP contribution in [0.1, 0.15) is 12.5 Å². The second kappa shape index (κ2) is 5.67. The lowest BCUT2D eigenvalue weighted by molar-refractivity contribution is 0.287. The van der Waals surface area contributed by atoms with Crippen molar-refractivity contribution in [1.82, 2.24) is 9.88 Å². The number of nitrogens with one attached hydrogen (secondary N) is 1. The van der Waals surface area contributed by atoms with Crippen LogP contribution in [0.5, 0.6) is 0 Å². The molecule has 6 heteroatoms. The van der Waals surface area contributed by atoms with Crippen molar-refractivity contribution < 1.29 is 8.42 Å². The third-order valence-electron chi connectivity index (χ3n) is 3.03. The van der Waals surface area contributed by atoms with Gasteiger partial charge in [0.05, 0.1) is 11.5 Å². The summed E-state index contributed by atoms with van der Waals surface area (Å²) in [5.41, 5.74) is 1.17. The van der Waals surface area contributed by atoms with Gasteiger partial charge in [-0.1, -0.05) is 0 Å². The van der Waals surface area contributed by atoms with Gasteiger partial charge in [0.2, 0.25) is 0 Å². The zero-order valence-electron chi connectivity index (χ0n) is 10.6. The van der Waals surface area contributed by atoms with Crippen LogP contribution in [0.15, 0.2) is 18.3 Å². The first kappa shape index (κ1) is 13.3. The first-order valence-corrected chi connectivity index (χ1v) is 8.03. The molecule has 0 saturated carbocycles. The van der Waals surface area contributed by atoms with Gasteiger partial charge >= 0.3 is 0 Å². The summed E-state index contributed by atoms with van der Waals surface area (Å²) < 4.78 is 22.7. The fourth-order valence-corrected chi connectivity index (χ4v) is 3.29. The van der Waals surface area contributed by atoms with Crippen molar-refractivity contribution in [2.24, 2.45) is 0 Å². The summed E-state index contributed by atoms with van der Waals surface area (Å²) in [5, 5.41) is 3.17. The molecule has 0 aromatic carbocycles. The number of rotatable bonds is 4. The number of pyridine rings is 1. The molecule has 0 radical (unpaired) electrons. The second-order valence-corrected chi connectivity index (χ2v) is 6.81. The average molecular weight is 269 g/mol. The topological polar surface area (TPSA) is 62.3 Å². The first-order chi connectivity index (χ1) is 8.59. The van der Waals surface area contributed by atoms with Gasteiger partial charge in [-0.25, -0.2) is 13.4 Å². The predicted octanol–water partition coefficient (Wildman–Crippen LogP) is 0.744. The molecule has 18 heavy (non-hydrogen) atoms.